The fraction of sp³-hybridized carbons (Fsp3) is 0.250. The third-order valence-corrected chi connectivity index (χ3v) is 4.08. The van der Waals surface area contributed by atoms with Crippen molar-refractivity contribution in [2.75, 3.05) is 25.2 Å². The van der Waals surface area contributed by atoms with Gasteiger partial charge in [-0.05, 0) is 55.5 Å². The number of carbonyl (C=O) groups is 1. The van der Waals surface area contributed by atoms with Gasteiger partial charge in [0.05, 0.1) is 31.9 Å². The van der Waals surface area contributed by atoms with Crippen LogP contribution in [0.15, 0.2) is 53.5 Å². The Morgan fingerprint density at radius 1 is 1.23 bits per heavy atom. The SMILES string of the molecule is CCOC(=O)c1ccc(N2CC(C#N)N=C2c2ccc(OC)cc2)cc1. The largest absolute Gasteiger partial charge is 0.497 e. The number of esters is 1. The van der Waals surface area contributed by atoms with E-state index in [0.29, 0.717) is 18.7 Å². The van der Waals surface area contributed by atoms with E-state index in [-0.39, 0.29) is 5.97 Å². The number of hydrogen-bond acceptors (Lipinski definition) is 6. The molecule has 3 rings (SSSR count). The number of methoxy groups -OCH3 is 1. The van der Waals surface area contributed by atoms with Gasteiger partial charge in [0.25, 0.3) is 0 Å². The third-order valence-electron chi connectivity index (χ3n) is 4.08. The van der Waals surface area contributed by atoms with Crippen molar-refractivity contribution in [2.45, 2.75) is 13.0 Å². The first-order valence-corrected chi connectivity index (χ1v) is 8.32. The van der Waals surface area contributed by atoms with E-state index < -0.39 is 6.04 Å². The molecular weight excluding hydrogens is 330 g/mol. The molecule has 1 unspecified atom stereocenters. The summed E-state index contributed by atoms with van der Waals surface area (Å²) in [6.45, 7) is 2.58. The molecule has 0 N–H and O–H groups in total. The van der Waals surface area contributed by atoms with Crippen molar-refractivity contribution in [3.8, 4) is 11.8 Å². The molecule has 0 saturated heterocycles. The first-order chi connectivity index (χ1) is 12.7. The lowest BCUT2D eigenvalue weighted by Gasteiger charge is -2.21. The van der Waals surface area contributed by atoms with Crippen LogP contribution in [0.3, 0.4) is 0 Å². The summed E-state index contributed by atoms with van der Waals surface area (Å²) in [5.74, 6) is 1.14. The van der Waals surface area contributed by atoms with Gasteiger partial charge in [0.2, 0.25) is 0 Å². The van der Waals surface area contributed by atoms with Crippen LogP contribution in [-0.4, -0.2) is 38.1 Å². The zero-order valence-electron chi connectivity index (χ0n) is 14.7. The van der Waals surface area contributed by atoms with E-state index in [2.05, 4.69) is 11.1 Å². The lowest BCUT2D eigenvalue weighted by Crippen LogP contribution is -2.29. The van der Waals surface area contributed by atoms with Crippen LogP contribution in [0, 0.1) is 11.3 Å². The molecule has 0 aliphatic carbocycles. The molecule has 0 aromatic heterocycles. The second-order valence-corrected chi connectivity index (χ2v) is 5.70. The number of anilines is 1. The number of nitrogens with zero attached hydrogens (tertiary/aromatic N) is 3. The van der Waals surface area contributed by atoms with Crippen LogP contribution < -0.4 is 9.64 Å². The number of ether oxygens (including phenoxy) is 2. The average Bonchev–Trinajstić information content (AvgIpc) is 3.13. The van der Waals surface area contributed by atoms with Gasteiger partial charge in [-0.25, -0.2) is 9.79 Å². The van der Waals surface area contributed by atoms with Crippen LogP contribution in [0.25, 0.3) is 0 Å². The topological polar surface area (TPSA) is 74.9 Å². The molecule has 0 saturated carbocycles. The van der Waals surface area contributed by atoms with E-state index >= 15 is 0 Å². The highest BCUT2D eigenvalue weighted by Crippen LogP contribution is 2.25. The minimum Gasteiger partial charge on any atom is -0.497 e. The van der Waals surface area contributed by atoms with Crippen molar-refractivity contribution in [1.82, 2.24) is 0 Å². The molecular formula is C20H19N3O3. The Balaban J connectivity index is 1.89. The minimum absolute atomic E-state index is 0.338. The average molecular weight is 349 g/mol. The van der Waals surface area contributed by atoms with Crippen LogP contribution in [0.5, 0.6) is 5.75 Å². The summed E-state index contributed by atoms with van der Waals surface area (Å²) in [5, 5.41) is 9.29. The highest BCUT2D eigenvalue weighted by atomic mass is 16.5. The van der Waals surface area contributed by atoms with Crippen molar-refractivity contribution in [3.63, 3.8) is 0 Å². The quantitative estimate of drug-likeness (QED) is 0.776. The molecule has 26 heavy (non-hydrogen) atoms. The molecule has 2 aromatic carbocycles. The van der Waals surface area contributed by atoms with E-state index in [0.717, 1.165) is 22.8 Å². The number of amidine groups is 1. The monoisotopic (exact) mass is 349 g/mol. The molecule has 0 spiro atoms. The summed E-state index contributed by atoms with van der Waals surface area (Å²) < 4.78 is 10.2. The molecule has 1 atom stereocenters. The van der Waals surface area contributed by atoms with E-state index in [1.807, 2.05) is 41.3 Å². The van der Waals surface area contributed by atoms with Crippen LogP contribution in [0.4, 0.5) is 5.69 Å². The Kier molecular flexibility index (Phi) is 5.18. The lowest BCUT2D eigenvalue weighted by molar-refractivity contribution is 0.0526. The minimum atomic E-state index is -0.433. The van der Waals surface area contributed by atoms with Crippen LogP contribution in [-0.2, 0) is 4.74 Å². The predicted octanol–water partition coefficient (Wildman–Crippen LogP) is 3.03. The van der Waals surface area contributed by atoms with Gasteiger partial charge < -0.3 is 14.4 Å². The van der Waals surface area contributed by atoms with Gasteiger partial charge in [0.1, 0.15) is 11.6 Å². The number of aliphatic imine (C=N–C) groups is 1. The number of rotatable bonds is 5. The molecule has 0 amide bonds. The Bertz CT molecular complexity index is 851. The van der Waals surface area contributed by atoms with Crippen molar-refractivity contribution >= 4 is 17.5 Å². The summed E-state index contributed by atoms with van der Waals surface area (Å²) in [6.07, 6.45) is 0. The third kappa shape index (κ3) is 3.52. The van der Waals surface area contributed by atoms with Gasteiger partial charge in [-0.15, -0.1) is 0 Å². The Hall–Kier alpha value is -3.33. The van der Waals surface area contributed by atoms with E-state index in [1.54, 1.807) is 26.2 Å². The molecule has 0 fully saturated rings. The van der Waals surface area contributed by atoms with E-state index in [4.69, 9.17) is 9.47 Å². The Morgan fingerprint density at radius 3 is 2.50 bits per heavy atom. The molecule has 132 valence electrons. The summed E-state index contributed by atoms with van der Waals surface area (Å²) >= 11 is 0. The molecule has 6 nitrogen and oxygen atoms in total. The fourth-order valence-corrected chi connectivity index (χ4v) is 2.78. The van der Waals surface area contributed by atoms with Gasteiger partial charge >= 0.3 is 5.97 Å². The van der Waals surface area contributed by atoms with Gasteiger partial charge in [0, 0.05) is 11.3 Å². The second-order valence-electron chi connectivity index (χ2n) is 5.70. The number of nitriles is 1. The number of carbonyl (C=O) groups excluding carboxylic acids is 1. The van der Waals surface area contributed by atoms with Gasteiger partial charge in [0.15, 0.2) is 6.04 Å². The maximum Gasteiger partial charge on any atom is 0.338 e. The highest BCUT2D eigenvalue weighted by molar-refractivity contribution is 6.11. The molecule has 1 aliphatic rings. The fourth-order valence-electron chi connectivity index (χ4n) is 2.78. The highest BCUT2D eigenvalue weighted by Gasteiger charge is 2.27. The summed E-state index contributed by atoms with van der Waals surface area (Å²) in [6, 6.07) is 16.4. The lowest BCUT2D eigenvalue weighted by atomic mass is 10.1. The summed E-state index contributed by atoms with van der Waals surface area (Å²) in [4.78, 5) is 18.3. The standard InChI is InChI=1S/C20H19N3O3/c1-3-26-20(24)15-4-8-17(9-5-15)23-13-16(12-21)22-19(23)14-6-10-18(25-2)11-7-14/h4-11,16H,3,13H2,1-2H3. The second kappa shape index (κ2) is 7.70. The molecule has 1 heterocycles. The van der Waals surface area contributed by atoms with Crippen LogP contribution in [0.2, 0.25) is 0 Å². The van der Waals surface area contributed by atoms with Crippen LogP contribution in [0.1, 0.15) is 22.8 Å². The van der Waals surface area contributed by atoms with Gasteiger partial charge in [-0.1, -0.05) is 0 Å². The molecule has 0 bridgehead atoms. The normalized spacial score (nSPS) is 16.0. The molecule has 0 radical (unpaired) electrons. The first kappa shape index (κ1) is 17.5. The van der Waals surface area contributed by atoms with Gasteiger partial charge in [-0.3, -0.25) is 0 Å². The van der Waals surface area contributed by atoms with Crippen molar-refractivity contribution in [3.05, 3.63) is 59.7 Å². The van der Waals surface area contributed by atoms with Gasteiger partial charge in [-0.2, -0.15) is 5.26 Å². The Morgan fingerprint density at radius 2 is 1.92 bits per heavy atom. The molecule has 1 aliphatic heterocycles. The summed E-state index contributed by atoms with van der Waals surface area (Å²) in [7, 11) is 1.62. The number of benzene rings is 2. The number of hydrogen-bond donors (Lipinski definition) is 0. The van der Waals surface area contributed by atoms with Crippen LogP contribution >= 0.6 is 0 Å². The smallest absolute Gasteiger partial charge is 0.338 e. The first-order valence-electron chi connectivity index (χ1n) is 8.32. The summed E-state index contributed by atoms with van der Waals surface area (Å²) in [5.41, 5.74) is 2.26. The Labute approximate surface area is 152 Å². The van der Waals surface area contributed by atoms with Crippen molar-refractivity contribution < 1.29 is 14.3 Å². The maximum absolute atomic E-state index is 11.8. The van der Waals surface area contributed by atoms with Crippen molar-refractivity contribution in [1.29, 1.82) is 5.26 Å². The van der Waals surface area contributed by atoms with E-state index in [9.17, 15) is 10.1 Å². The zero-order valence-corrected chi connectivity index (χ0v) is 14.7. The zero-order chi connectivity index (χ0) is 18.5. The molecule has 2 aromatic rings. The predicted molar refractivity (Wildman–Crippen MR) is 98.7 cm³/mol. The maximum atomic E-state index is 11.8. The van der Waals surface area contributed by atoms with Crippen molar-refractivity contribution in [2.24, 2.45) is 4.99 Å². The molecule has 6 heteroatoms. The van der Waals surface area contributed by atoms with E-state index in [1.165, 1.54) is 0 Å².